The van der Waals surface area contributed by atoms with Crippen molar-refractivity contribution >= 4 is 0 Å². The number of ether oxygens (including phenoxy) is 1. The Morgan fingerprint density at radius 1 is 1.37 bits per heavy atom. The zero-order chi connectivity index (χ0) is 13.7. The number of hydrogen-bond donors (Lipinski definition) is 1. The monoisotopic (exact) mass is 262 g/mol. The fourth-order valence-electron chi connectivity index (χ4n) is 2.48. The van der Waals surface area contributed by atoms with Crippen LogP contribution < -0.4 is 10.1 Å². The first-order chi connectivity index (χ1) is 9.26. The third-order valence-electron chi connectivity index (χ3n) is 3.78. The quantitative estimate of drug-likeness (QED) is 0.779. The van der Waals surface area contributed by atoms with Crippen LogP contribution in [0.25, 0.3) is 0 Å². The van der Waals surface area contributed by atoms with Gasteiger partial charge in [-0.1, -0.05) is 13.0 Å². The minimum Gasteiger partial charge on any atom is -0.496 e. The van der Waals surface area contributed by atoms with E-state index in [2.05, 4.69) is 35.3 Å². The molecule has 0 aliphatic heterocycles. The Balaban J connectivity index is 2.07. The van der Waals surface area contributed by atoms with Crippen molar-refractivity contribution in [1.29, 1.82) is 0 Å². The van der Waals surface area contributed by atoms with Crippen LogP contribution in [-0.4, -0.2) is 32.1 Å². The van der Waals surface area contributed by atoms with Gasteiger partial charge in [0, 0.05) is 25.2 Å². The summed E-state index contributed by atoms with van der Waals surface area (Å²) in [6, 6.07) is 6.49. The second kappa shape index (κ2) is 6.92. The van der Waals surface area contributed by atoms with Gasteiger partial charge in [-0.15, -0.1) is 0 Å². The van der Waals surface area contributed by atoms with Crippen molar-refractivity contribution in [3.8, 4) is 5.75 Å². The fraction of sp³-hybridized carbons (Fsp3) is 0.625. The molecule has 19 heavy (non-hydrogen) atoms. The largest absolute Gasteiger partial charge is 0.496 e. The number of rotatable bonds is 8. The first-order valence-corrected chi connectivity index (χ1v) is 7.29. The number of methoxy groups -OCH3 is 1. The smallest absolute Gasteiger partial charge is 0.123 e. The average Bonchev–Trinajstić information content (AvgIpc) is 3.23. The van der Waals surface area contributed by atoms with E-state index in [9.17, 15) is 0 Å². The van der Waals surface area contributed by atoms with Crippen molar-refractivity contribution < 1.29 is 4.74 Å². The molecule has 0 saturated heterocycles. The molecule has 1 aromatic rings. The van der Waals surface area contributed by atoms with Gasteiger partial charge >= 0.3 is 0 Å². The van der Waals surface area contributed by atoms with Gasteiger partial charge in [0.1, 0.15) is 5.75 Å². The number of nitrogens with one attached hydrogen (secondary N) is 1. The van der Waals surface area contributed by atoms with Gasteiger partial charge in [-0.05, 0) is 50.0 Å². The fourth-order valence-corrected chi connectivity index (χ4v) is 2.48. The topological polar surface area (TPSA) is 24.5 Å². The molecule has 1 aliphatic carbocycles. The second-order valence-corrected chi connectivity index (χ2v) is 5.45. The Bertz CT molecular complexity index is 402. The molecule has 0 unspecified atom stereocenters. The van der Waals surface area contributed by atoms with Crippen molar-refractivity contribution in [2.75, 3.05) is 27.2 Å². The molecule has 3 heteroatoms. The Morgan fingerprint density at radius 3 is 2.74 bits per heavy atom. The van der Waals surface area contributed by atoms with Crippen molar-refractivity contribution in [3.05, 3.63) is 29.3 Å². The molecule has 1 saturated carbocycles. The van der Waals surface area contributed by atoms with E-state index >= 15 is 0 Å². The summed E-state index contributed by atoms with van der Waals surface area (Å²) >= 11 is 0. The lowest BCUT2D eigenvalue weighted by molar-refractivity contribution is 0.263. The summed E-state index contributed by atoms with van der Waals surface area (Å²) in [6.45, 7) is 6.48. The molecule has 0 bridgehead atoms. The normalized spacial score (nSPS) is 14.9. The van der Waals surface area contributed by atoms with Gasteiger partial charge < -0.3 is 10.1 Å². The van der Waals surface area contributed by atoms with E-state index in [1.54, 1.807) is 7.11 Å². The molecule has 106 valence electrons. The zero-order valence-corrected chi connectivity index (χ0v) is 12.4. The second-order valence-electron chi connectivity index (χ2n) is 5.45. The Hall–Kier alpha value is -1.06. The maximum absolute atomic E-state index is 5.50. The Morgan fingerprint density at radius 2 is 2.16 bits per heavy atom. The molecule has 1 aromatic carbocycles. The van der Waals surface area contributed by atoms with Crippen molar-refractivity contribution in [2.24, 2.45) is 5.92 Å². The molecule has 2 rings (SSSR count). The molecular weight excluding hydrogens is 236 g/mol. The SMILES string of the molecule is CCN(Cc1cc(CNC)ccc1OC)CC1CC1. The van der Waals surface area contributed by atoms with Crippen LogP contribution in [0.2, 0.25) is 0 Å². The molecule has 1 N–H and O–H groups in total. The Labute approximate surface area is 116 Å². The average molecular weight is 262 g/mol. The van der Waals surface area contributed by atoms with Crippen LogP contribution in [0.1, 0.15) is 30.9 Å². The van der Waals surface area contributed by atoms with E-state index in [0.29, 0.717) is 0 Å². The molecule has 3 nitrogen and oxygen atoms in total. The third-order valence-corrected chi connectivity index (χ3v) is 3.78. The highest BCUT2D eigenvalue weighted by molar-refractivity contribution is 5.37. The van der Waals surface area contributed by atoms with Crippen molar-refractivity contribution in [2.45, 2.75) is 32.9 Å². The summed E-state index contributed by atoms with van der Waals surface area (Å²) < 4.78 is 5.50. The highest BCUT2D eigenvalue weighted by Crippen LogP contribution is 2.31. The summed E-state index contributed by atoms with van der Waals surface area (Å²) in [5, 5.41) is 3.20. The maximum Gasteiger partial charge on any atom is 0.123 e. The predicted molar refractivity (Wildman–Crippen MR) is 79.4 cm³/mol. The van der Waals surface area contributed by atoms with Crippen LogP contribution in [0.4, 0.5) is 0 Å². The van der Waals surface area contributed by atoms with E-state index in [-0.39, 0.29) is 0 Å². The van der Waals surface area contributed by atoms with Crippen LogP contribution in [0.3, 0.4) is 0 Å². The predicted octanol–water partition coefficient (Wildman–Crippen LogP) is 2.65. The lowest BCUT2D eigenvalue weighted by atomic mass is 10.1. The molecule has 0 aromatic heterocycles. The zero-order valence-electron chi connectivity index (χ0n) is 12.4. The standard InChI is InChI=1S/C16H26N2O/c1-4-18(11-13-5-6-13)12-15-9-14(10-17-2)7-8-16(15)19-3/h7-9,13,17H,4-6,10-12H2,1-3H3. The molecular formula is C16H26N2O. The van der Waals surface area contributed by atoms with Gasteiger partial charge in [-0.3, -0.25) is 4.90 Å². The van der Waals surface area contributed by atoms with E-state index in [1.165, 1.54) is 30.5 Å². The van der Waals surface area contributed by atoms with Gasteiger partial charge in [-0.25, -0.2) is 0 Å². The molecule has 0 radical (unpaired) electrons. The lowest BCUT2D eigenvalue weighted by Gasteiger charge is -2.22. The third kappa shape index (κ3) is 4.22. The van der Waals surface area contributed by atoms with Crippen LogP contribution >= 0.6 is 0 Å². The van der Waals surface area contributed by atoms with E-state index in [1.807, 2.05) is 7.05 Å². The van der Waals surface area contributed by atoms with E-state index in [4.69, 9.17) is 4.74 Å². The van der Waals surface area contributed by atoms with Crippen LogP contribution in [0.5, 0.6) is 5.75 Å². The molecule has 0 atom stereocenters. The van der Waals surface area contributed by atoms with Gasteiger partial charge in [0.25, 0.3) is 0 Å². The summed E-state index contributed by atoms with van der Waals surface area (Å²) in [5.74, 6) is 1.94. The van der Waals surface area contributed by atoms with Crippen LogP contribution in [0.15, 0.2) is 18.2 Å². The molecule has 0 spiro atoms. The number of nitrogens with zero attached hydrogens (tertiary/aromatic N) is 1. The summed E-state index contributed by atoms with van der Waals surface area (Å²) in [7, 11) is 3.74. The highest BCUT2D eigenvalue weighted by Gasteiger charge is 2.24. The first-order valence-electron chi connectivity index (χ1n) is 7.29. The molecule has 0 amide bonds. The molecule has 0 heterocycles. The van der Waals surface area contributed by atoms with Crippen LogP contribution in [0, 0.1) is 5.92 Å². The van der Waals surface area contributed by atoms with Crippen molar-refractivity contribution in [3.63, 3.8) is 0 Å². The van der Waals surface area contributed by atoms with Gasteiger partial charge in [0.15, 0.2) is 0 Å². The number of benzene rings is 1. The van der Waals surface area contributed by atoms with Gasteiger partial charge in [0.2, 0.25) is 0 Å². The summed E-state index contributed by atoms with van der Waals surface area (Å²) in [5.41, 5.74) is 2.62. The van der Waals surface area contributed by atoms with Crippen molar-refractivity contribution in [1.82, 2.24) is 10.2 Å². The first kappa shape index (κ1) is 14.4. The van der Waals surface area contributed by atoms with E-state index in [0.717, 1.165) is 31.3 Å². The van der Waals surface area contributed by atoms with Gasteiger partial charge in [0.05, 0.1) is 7.11 Å². The minimum atomic E-state index is 0.908. The summed E-state index contributed by atoms with van der Waals surface area (Å²) in [4.78, 5) is 2.53. The van der Waals surface area contributed by atoms with Gasteiger partial charge in [-0.2, -0.15) is 0 Å². The molecule has 1 aliphatic rings. The molecule has 1 fully saturated rings. The van der Waals surface area contributed by atoms with E-state index < -0.39 is 0 Å². The van der Waals surface area contributed by atoms with Crippen LogP contribution in [-0.2, 0) is 13.1 Å². The summed E-state index contributed by atoms with van der Waals surface area (Å²) in [6.07, 6.45) is 2.82. The minimum absolute atomic E-state index is 0.908. The Kier molecular flexibility index (Phi) is 5.23. The maximum atomic E-state index is 5.50. The highest BCUT2D eigenvalue weighted by atomic mass is 16.5. The number of hydrogen-bond acceptors (Lipinski definition) is 3. The lowest BCUT2D eigenvalue weighted by Crippen LogP contribution is -2.25.